The van der Waals surface area contributed by atoms with E-state index in [9.17, 15) is 18.4 Å². The van der Waals surface area contributed by atoms with E-state index in [1.807, 2.05) is 24.3 Å². The van der Waals surface area contributed by atoms with E-state index >= 15 is 0 Å². The second-order valence-electron chi connectivity index (χ2n) is 12.0. The quantitative estimate of drug-likeness (QED) is 0.364. The maximum absolute atomic E-state index is 14.3. The van der Waals surface area contributed by atoms with Gasteiger partial charge in [-0.2, -0.15) is 0 Å². The van der Waals surface area contributed by atoms with Gasteiger partial charge < -0.3 is 14.7 Å². The predicted octanol–water partition coefficient (Wildman–Crippen LogP) is 5.93. The highest BCUT2D eigenvalue weighted by Crippen LogP contribution is 2.56. The maximum atomic E-state index is 14.3. The number of benzene rings is 3. The zero-order valence-electron chi connectivity index (χ0n) is 23.4. The normalized spacial score (nSPS) is 23.0. The molecule has 1 saturated heterocycles. The van der Waals surface area contributed by atoms with Gasteiger partial charge in [0.2, 0.25) is 11.8 Å². The van der Waals surface area contributed by atoms with Crippen molar-refractivity contribution in [3.8, 4) is 0 Å². The summed E-state index contributed by atoms with van der Waals surface area (Å²) < 4.78 is 27.7. The Balaban J connectivity index is 1.18. The average molecular weight is 578 g/mol. The number of likely N-dealkylation sites (N-methyl/N-ethyl adjacent to an activating group) is 1. The summed E-state index contributed by atoms with van der Waals surface area (Å²) in [5.41, 5.74) is 2.72. The molecule has 1 saturated carbocycles. The molecule has 41 heavy (non-hydrogen) atoms. The molecule has 0 aromatic heterocycles. The number of hydrogen-bond donors (Lipinski definition) is 0. The van der Waals surface area contributed by atoms with Crippen molar-refractivity contribution in [2.45, 2.75) is 43.6 Å². The molecule has 2 atom stereocenters. The monoisotopic (exact) mass is 577 g/mol. The van der Waals surface area contributed by atoms with Crippen LogP contribution in [0.1, 0.15) is 42.9 Å². The zero-order chi connectivity index (χ0) is 28.9. The molecular formula is C33H34ClF2N3O2. The smallest absolute Gasteiger partial charge is 0.233 e. The number of nitrogens with zero attached hydrogens (tertiary/aromatic N) is 3. The van der Waals surface area contributed by atoms with Gasteiger partial charge in [-0.15, -0.1) is 0 Å². The molecule has 8 heteroatoms. The van der Waals surface area contributed by atoms with E-state index in [2.05, 4.69) is 4.90 Å². The topological polar surface area (TPSA) is 43.9 Å². The number of halogens is 3. The van der Waals surface area contributed by atoms with Crippen LogP contribution in [0.4, 0.5) is 14.5 Å². The molecule has 1 aliphatic carbocycles. The number of piperidine rings is 1. The summed E-state index contributed by atoms with van der Waals surface area (Å²) in [6.45, 7) is 4.95. The minimum atomic E-state index is -0.636. The molecule has 0 bridgehead atoms. The van der Waals surface area contributed by atoms with Crippen molar-refractivity contribution in [2.75, 3.05) is 38.1 Å². The SMILES string of the molecule is CC(=O)N1CC2(CCN(C[C@@H]3C[C@@]3(C(=O)N(C)Cc3ccc(F)cc3)c3ccc(Cl)cc3)CC2)c2cc(F)ccc21. The Kier molecular flexibility index (Phi) is 7.15. The number of anilines is 1. The van der Waals surface area contributed by atoms with Crippen LogP contribution in [0.2, 0.25) is 5.02 Å². The fourth-order valence-corrected chi connectivity index (χ4v) is 7.26. The highest BCUT2D eigenvalue weighted by atomic mass is 35.5. The van der Waals surface area contributed by atoms with Crippen LogP contribution < -0.4 is 4.90 Å². The number of hydrogen-bond acceptors (Lipinski definition) is 3. The van der Waals surface area contributed by atoms with Crippen LogP contribution in [0.25, 0.3) is 0 Å². The van der Waals surface area contributed by atoms with Crippen molar-refractivity contribution in [1.29, 1.82) is 0 Å². The van der Waals surface area contributed by atoms with Crippen LogP contribution in [0.5, 0.6) is 0 Å². The molecule has 0 N–H and O–H groups in total. The summed E-state index contributed by atoms with van der Waals surface area (Å²) in [5, 5.41) is 0.627. The van der Waals surface area contributed by atoms with Gasteiger partial charge in [0.05, 0.1) is 5.41 Å². The second kappa shape index (κ2) is 10.5. The summed E-state index contributed by atoms with van der Waals surface area (Å²) in [6.07, 6.45) is 2.40. The Labute approximate surface area is 244 Å². The number of amides is 2. The summed E-state index contributed by atoms with van der Waals surface area (Å²) in [4.78, 5) is 32.4. The van der Waals surface area contributed by atoms with E-state index in [1.165, 1.54) is 18.2 Å². The minimum Gasteiger partial charge on any atom is -0.341 e. The molecular weight excluding hydrogens is 544 g/mol. The zero-order valence-corrected chi connectivity index (χ0v) is 24.1. The first-order valence-electron chi connectivity index (χ1n) is 14.2. The van der Waals surface area contributed by atoms with E-state index in [-0.39, 0.29) is 34.8 Å². The van der Waals surface area contributed by atoms with Crippen LogP contribution in [0, 0.1) is 17.6 Å². The van der Waals surface area contributed by atoms with E-state index < -0.39 is 5.41 Å². The van der Waals surface area contributed by atoms with Gasteiger partial charge in [0.15, 0.2) is 0 Å². The summed E-state index contributed by atoms with van der Waals surface area (Å²) in [5.74, 6) is -0.398. The maximum Gasteiger partial charge on any atom is 0.233 e. The lowest BCUT2D eigenvalue weighted by molar-refractivity contribution is -0.133. The van der Waals surface area contributed by atoms with E-state index in [4.69, 9.17) is 11.6 Å². The molecule has 6 rings (SSSR count). The Morgan fingerprint density at radius 1 is 0.976 bits per heavy atom. The van der Waals surface area contributed by atoms with Crippen molar-refractivity contribution < 1.29 is 18.4 Å². The van der Waals surface area contributed by atoms with Crippen LogP contribution in [-0.2, 0) is 27.0 Å². The van der Waals surface area contributed by atoms with Gasteiger partial charge >= 0.3 is 0 Å². The molecule has 5 nitrogen and oxygen atoms in total. The van der Waals surface area contributed by atoms with E-state index in [0.29, 0.717) is 18.1 Å². The first kappa shape index (κ1) is 27.9. The molecule has 214 valence electrons. The average Bonchev–Trinajstić information content (AvgIpc) is 3.59. The number of carbonyl (C=O) groups excluding carboxylic acids is 2. The highest BCUT2D eigenvalue weighted by molar-refractivity contribution is 6.30. The largest absolute Gasteiger partial charge is 0.341 e. The van der Waals surface area contributed by atoms with Crippen LogP contribution >= 0.6 is 11.6 Å². The van der Waals surface area contributed by atoms with Gasteiger partial charge in [0.25, 0.3) is 0 Å². The molecule has 3 aromatic rings. The molecule has 2 amide bonds. The van der Waals surface area contributed by atoms with Crippen molar-refractivity contribution in [1.82, 2.24) is 9.80 Å². The lowest BCUT2D eigenvalue weighted by Crippen LogP contribution is -2.47. The molecule has 2 heterocycles. The van der Waals surface area contributed by atoms with Crippen molar-refractivity contribution in [2.24, 2.45) is 5.92 Å². The third-order valence-corrected chi connectivity index (χ3v) is 9.73. The Morgan fingerprint density at radius 3 is 2.29 bits per heavy atom. The van der Waals surface area contributed by atoms with E-state index in [1.54, 1.807) is 48.0 Å². The van der Waals surface area contributed by atoms with Crippen molar-refractivity contribution in [3.05, 3.63) is 100 Å². The fourth-order valence-electron chi connectivity index (χ4n) is 7.14. The van der Waals surface area contributed by atoms with Gasteiger partial charge in [-0.25, -0.2) is 8.78 Å². The Hall–Kier alpha value is -3.29. The van der Waals surface area contributed by atoms with Crippen LogP contribution in [0.3, 0.4) is 0 Å². The number of likely N-dealkylation sites (tertiary alicyclic amines) is 1. The molecule has 3 aromatic carbocycles. The molecule has 1 spiro atoms. The van der Waals surface area contributed by atoms with E-state index in [0.717, 1.165) is 61.3 Å². The third kappa shape index (κ3) is 5.04. The van der Waals surface area contributed by atoms with Crippen LogP contribution in [0.15, 0.2) is 66.7 Å². The summed E-state index contributed by atoms with van der Waals surface area (Å²) in [7, 11) is 1.81. The van der Waals surface area contributed by atoms with Gasteiger partial charge in [-0.1, -0.05) is 35.9 Å². The minimum absolute atomic E-state index is 0.0221. The lowest BCUT2D eigenvalue weighted by atomic mass is 9.74. The third-order valence-electron chi connectivity index (χ3n) is 9.48. The van der Waals surface area contributed by atoms with Gasteiger partial charge in [-0.05, 0) is 97.4 Å². The molecule has 2 fully saturated rings. The first-order valence-corrected chi connectivity index (χ1v) is 14.6. The number of carbonyl (C=O) groups is 2. The molecule has 0 unspecified atom stereocenters. The summed E-state index contributed by atoms with van der Waals surface area (Å²) >= 11 is 6.19. The van der Waals surface area contributed by atoms with Crippen molar-refractivity contribution in [3.63, 3.8) is 0 Å². The Morgan fingerprint density at radius 2 is 1.63 bits per heavy atom. The molecule has 3 aliphatic rings. The van der Waals surface area contributed by atoms with Gasteiger partial charge in [0.1, 0.15) is 11.6 Å². The number of fused-ring (bicyclic) bond motifs is 2. The van der Waals surface area contributed by atoms with Crippen LogP contribution in [-0.4, -0.2) is 54.8 Å². The molecule has 2 aliphatic heterocycles. The standard InChI is InChI=1S/C33H34ClF2N3O2/c1-22(40)39-21-32(29-17-28(36)11-12-30(29)39)13-15-38(16-14-32)20-25-18-33(25,24-5-7-26(34)8-6-24)31(41)37(2)19-23-3-9-27(35)10-4-23/h3-12,17,25H,13-16,18-21H2,1-2H3/t25-,33+/m0/s1. The second-order valence-corrected chi connectivity index (χ2v) is 12.5. The lowest BCUT2D eigenvalue weighted by Gasteiger charge is -2.40. The van der Waals surface area contributed by atoms with Gasteiger partial charge in [-0.3, -0.25) is 9.59 Å². The Bertz CT molecular complexity index is 1470. The highest BCUT2D eigenvalue weighted by Gasteiger charge is 2.62. The summed E-state index contributed by atoms with van der Waals surface area (Å²) in [6, 6.07) is 18.6. The fraction of sp³-hybridized carbons (Fsp3) is 0.394. The molecule has 0 radical (unpaired) electrons. The number of rotatable bonds is 6. The van der Waals surface area contributed by atoms with Gasteiger partial charge in [0, 0.05) is 49.7 Å². The first-order chi connectivity index (χ1) is 19.6. The van der Waals surface area contributed by atoms with Crippen molar-refractivity contribution >= 4 is 29.1 Å². The predicted molar refractivity (Wildman–Crippen MR) is 156 cm³/mol.